The molecule has 0 heterocycles. The number of nitrogens with one attached hydrogen (secondary N) is 1. The van der Waals surface area contributed by atoms with E-state index in [0.717, 1.165) is 4.47 Å². The van der Waals surface area contributed by atoms with Gasteiger partial charge in [-0.3, -0.25) is 4.79 Å². The topological polar surface area (TPSA) is 62.1 Å². The van der Waals surface area contributed by atoms with Crippen LogP contribution < -0.4 is 10.1 Å². The number of carbonyl (C=O) groups is 1. The van der Waals surface area contributed by atoms with Crippen molar-refractivity contribution in [1.82, 2.24) is 0 Å². The Kier molecular flexibility index (Phi) is 6.44. The predicted molar refractivity (Wildman–Crippen MR) is 102 cm³/mol. The van der Waals surface area contributed by atoms with E-state index < -0.39 is 5.91 Å². The van der Waals surface area contributed by atoms with Gasteiger partial charge in [-0.05, 0) is 46.3 Å². The molecule has 2 aromatic rings. The van der Waals surface area contributed by atoms with E-state index in [4.69, 9.17) is 16.3 Å². The third-order valence-electron chi connectivity index (χ3n) is 3.03. The molecule has 0 aliphatic rings. The molecule has 7 heteroatoms. The number of rotatable bonds is 4. The fraction of sp³-hybridized carbons (Fsp3) is 0.0588. The molecule has 4 nitrogen and oxygen atoms in total. The van der Waals surface area contributed by atoms with Crippen LogP contribution in [-0.2, 0) is 4.79 Å². The maximum Gasteiger partial charge on any atom is 0.266 e. The minimum atomic E-state index is -0.552. The summed E-state index contributed by atoms with van der Waals surface area (Å²) in [5.41, 5.74) is 0.954. The fourth-order valence-electron chi connectivity index (χ4n) is 1.96. The fourth-order valence-corrected chi connectivity index (χ4v) is 3.56. The molecule has 24 heavy (non-hydrogen) atoms. The van der Waals surface area contributed by atoms with Crippen LogP contribution in [0.4, 0.5) is 5.69 Å². The van der Waals surface area contributed by atoms with Crippen LogP contribution in [0.2, 0.25) is 5.02 Å². The van der Waals surface area contributed by atoms with Crippen molar-refractivity contribution in [2.24, 2.45) is 0 Å². The van der Waals surface area contributed by atoms with Crippen LogP contribution in [0.3, 0.4) is 0 Å². The van der Waals surface area contributed by atoms with Crippen LogP contribution in [0, 0.1) is 11.3 Å². The standard InChI is InChI=1S/C17H11Br2ClN2O2/c1-24-16-10(7-12(18)8-13(16)19)6-11(9-21)17(23)22-15-5-3-2-4-14(15)20/h2-8H,1H3,(H,22,23)/b11-6+. The number of halogens is 3. The molecular weight excluding hydrogens is 459 g/mol. The Morgan fingerprint density at radius 3 is 2.67 bits per heavy atom. The zero-order valence-corrected chi connectivity index (χ0v) is 16.4. The van der Waals surface area contributed by atoms with Gasteiger partial charge in [0.25, 0.3) is 5.91 Å². The molecular formula is C17H11Br2ClN2O2. The summed E-state index contributed by atoms with van der Waals surface area (Å²) in [5.74, 6) is -0.0276. The van der Waals surface area contributed by atoms with Gasteiger partial charge in [0.1, 0.15) is 17.4 Å². The van der Waals surface area contributed by atoms with Crippen molar-refractivity contribution in [2.45, 2.75) is 0 Å². The molecule has 0 unspecified atom stereocenters. The summed E-state index contributed by atoms with van der Waals surface area (Å²) in [4.78, 5) is 12.3. The summed E-state index contributed by atoms with van der Waals surface area (Å²) in [6.45, 7) is 0. The number of hydrogen-bond acceptors (Lipinski definition) is 3. The predicted octanol–water partition coefficient (Wildman–Crippen LogP) is 5.42. The first-order valence-electron chi connectivity index (χ1n) is 6.67. The Hall–Kier alpha value is -1.81. The number of para-hydroxylation sites is 1. The zero-order valence-electron chi connectivity index (χ0n) is 12.4. The molecule has 0 aromatic heterocycles. The Morgan fingerprint density at radius 1 is 1.33 bits per heavy atom. The molecule has 122 valence electrons. The molecule has 0 aliphatic carbocycles. The van der Waals surface area contributed by atoms with Crippen LogP contribution in [0.5, 0.6) is 5.75 Å². The molecule has 0 spiro atoms. The molecule has 0 fully saturated rings. The summed E-state index contributed by atoms with van der Waals surface area (Å²) in [7, 11) is 1.52. The van der Waals surface area contributed by atoms with Crippen molar-refractivity contribution in [3.8, 4) is 11.8 Å². The highest BCUT2D eigenvalue weighted by atomic mass is 79.9. The van der Waals surface area contributed by atoms with Crippen LogP contribution >= 0.6 is 43.5 Å². The number of carbonyl (C=O) groups excluding carboxylic acids is 1. The van der Waals surface area contributed by atoms with E-state index in [1.165, 1.54) is 13.2 Å². The van der Waals surface area contributed by atoms with Gasteiger partial charge in [0.2, 0.25) is 0 Å². The van der Waals surface area contributed by atoms with Crippen molar-refractivity contribution >= 4 is 61.1 Å². The van der Waals surface area contributed by atoms with Crippen LogP contribution in [0.25, 0.3) is 6.08 Å². The minimum absolute atomic E-state index is 0.0711. The number of nitriles is 1. The van der Waals surface area contributed by atoms with Crippen molar-refractivity contribution < 1.29 is 9.53 Å². The van der Waals surface area contributed by atoms with Crippen molar-refractivity contribution in [3.05, 3.63) is 61.5 Å². The molecule has 0 bridgehead atoms. The molecule has 1 amide bonds. The highest BCUT2D eigenvalue weighted by molar-refractivity contribution is 9.11. The second kappa shape index (κ2) is 8.34. The zero-order chi connectivity index (χ0) is 17.7. The van der Waals surface area contributed by atoms with Crippen molar-refractivity contribution in [1.29, 1.82) is 5.26 Å². The molecule has 0 radical (unpaired) electrons. The first kappa shape index (κ1) is 18.5. The second-order valence-corrected chi connectivity index (χ2v) is 6.79. The van der Waals surface area contributed by atoms with Gasteiger partial charge in [0, 0.05) is 10.0 Å². The lowest BCUT2D eigenvalue weighted by atomic mass is 10.1. The van der Waals surface area contributed by atoms with Gasteiger partial charge in [-0.15, -0.1) is 0 Å². The maximum atomic E-state index is 12.3. The first-order chi connectivity index (χ1) is 11.5. The summed E-state index contributed by atoms with van der Waals surface area (Å²) in [6.07, 6.45) is 1.46. The van der Waals surface area contributed by atoms with Gasteiger partial charge in [0.05, 0.1) is 22.3 Å². The second-order valence-electron chi connectivity index (χ2n) is 4.61. The molecule has 2 aromatic carbocycles. The normalized spacial score (nSPS) is 10.9. The van der Waals surface area contributed by atoms with Gasteiger partial charge in [0.15, 0.2) is 0 Å². The Balaban J connectivity index is 2.38. The summed E-state index contributed by atoms with van der Waals surface area (Å²) < 4.78 is 6.80. The average Bonchev–Trinajstić information content (AvgIpc) is 2.54. The SMILES string of the molecule is COc1c(Br)cc(Br)cc1/C=C(\C#N)C(=O)Nc1ccccc1Cl. The Labute approximate surface area is 161 Å². The number of ether oxygens (including phenoxy) is 1. The smallest absolute Gasteiger partial charge is 0.266 e. The lowest BCUT2D eigenvalue weighted by Gasteiger charge is -2.10. The number of hydrogen-bond donors (Lipinski definition) is 1. The van der Waals surface area contributed by atoms with E-state index in [0.29, 0.717) is 26.5 Å². The molecule has 0 atom stereocenters. The summed E-state index contributed by atoms with van der Waals surface area (Å²) >= 11 is 12.8. The van der Waals surface area contributed by atoms with Crippen molar-refractivity contribution in [3.63, 3.8) is 0 Å². The molecule has 0 aliphatic heterocycles. The molecule has 0 saturated carbocycles. The Morgan fingerprint density at radius 2 is 2.04 bits per heavy atom. The van der Waals surface area contributed by atoms with E-state index in [1.807, 2.05) is 12.1 Å². The number of methoxy groups -OCH3 is 1. The summed E-state index contributed by atoms with van der Waals surface area (Å²) in [6, 6.07) is 12.3. The monoisotopic (exact) mass is 468 g/mol. The number of anilines is 1. The molecule has 0 saturated heterocycles. The third-order valence-corrected chi connectivity index (χ3v) is 4.40. The molecule has 2 rings (SSSR count). The summed E-state index contributed by atoms with van der Waals surface area (Å²) in [5, 5.41) is 12.3. The van der Waals surface area contributed by atoms with Gasteiger partial charge < -0.3 is 10.1 Å². The van der Waals surface area contributed by atoms with E-state index >= 15 is 0 Å². The largest absolute Gasteiger partial charge is 0.495 e. The maximum absolute atomic E-state index is 12.3. The number of nitrogens with zero attached hydrogens (tertiary/aromatic N) is 1. The highest BCUT2D eigenvalue weighted by Crippen LogP contribution is 2.34. The first-order valence-corrected chi connectivity index (χ1v) is 8.63. The van der Waals surface area contributed by atoms with Gasteiger partial charge in [-0.2, -0.15) is 5.26 Å². The third kappa shape index (κ3) is 4.38. The van der Waals surface area contributed by atoms with E-state index in [2.05, 4.69) is 37.2 Å². The van der Waals surface area contributed by atoms with Crippen molar-refractivity contribution in [2.75, 3.05) is 12.4 Å². The van der Waals surface area contributed by atoms with Gasteiger partial charge in [-0.25, -0.2) is 0 Å². The Bertz CT molecular complexity index is 860. The quantitative estimate of drug-likeness (QED) is 0.480. The number of benzene rings is 2. The minimum Gasteiger partial charge on any atom is -0.495 e. The highest BCUT2D eigenvalue weighted by Gasteiger charge is 2.14. The number of amides is 1. The molecule has 1 N–H and O–H groups in total. The lowest BCUT2D eigenvalue weighted by molar-refractivity contribution is -0.112. The van der Waals surface area contributed by atoms with Crippen LogP contribution in [-0.4, -0.2) is 13.0 Å². The van der Waals surface area contributed by atoms with E-state index in [1.54, 1.807) is 30.3 Å². The van der Waals surface area contributed by atoms with Gasteiger partial charge in [-0.1, -0.05) is 39.7 Å². The average molecular weight is 471 g/mol. The lowest BCUT2D eigenvalue weighted by Crippen LogP contribution is -2.13. The van der Waals surface area contributed by atoms with E-state index in [-0.39, 0.29) is 5.57 Å². The van der Waals surface area contributed by atoms with Gasteiger partial charge >= 0.3 is 0 Å². The van der Waals surface area contributed by atoms with Crippen LogP contribution in [0.15, 0.2) is 50.9 Å². The van der Waals surface area contributed by atoms with Crippen LogP contribution in [0.1, 0.15) is 5.56 Å². The van der Waals surface area contributed by atoms with E-state index in [9.17, 15) is 10.1 Å².